The molecule has 0 aromatic heterocycles. The zero-order valence-corrected chi connectivity index (χ0v) is 12.6. The summed E-state index contributed by atoms with van der Waals surface area (Å²) < 4.78 is 13.9. The van der Waals surface area contributed by atoms with Crippen molar-refractivity contribution in [2.24, 2.45) is 0 Å². The largest absolute Gasteiger partial charge is 0.395 e. The number of halogens is 1. The zero-order valence-electron chi connectivity index (χ0n) is 12.6. The highest BCUT2D eigenvalue weighted by Crippen LogP contribution is 2.27. The summed E-state index contributed by atoms with van der Waals surface area (Å²) in [7, 11) is 0. The van der Waals surface area contributed by atoms with Gasteiger partial charge in [0.1, 0.15) is 5.82 Å². The molecule has 24 heavy (non-hydrogen) atoms. The number of rotatable bonds is 7. The summed E-state index contributed by atoms with van der Waals surface area (Å²) in [6.07, 6.45) is 0. The molecule has 124 valence electrons. The van der Waals surface area contributed by atoms with Gasteiger partial charge in [0.2, 0.25) is 0 Å². The zero-order chi connectivity index (χ0) is 17.5. The molecule has 0 spiro atoms. The third-order valence-corrected chi connectivity index (χ3v) is 3.29. The van der Waals surface area contributed by atoms with Crippen LogP contribution in [0.1, 0.15) is 11.1 Å². The molecule has 0 radical (unpaired) electrons. The first-order valence-electron chi connectivity index (χ1n) is 7.10. The van der Waals surface area contributed by atoms with Crippen molar-refractivity contribution in [1.29, 1.82) is 5.26 Å². The maximum atomic E-state index is 13.9. The fourth-order valence-corrected chi connectivity index (χ4v) is 2.09. The van der Waals surface area contributed by atoms with Crippen LogP contribution < -0.4 is 10.6 Å². The van der Waals surface area contributed by atoms with Gasteiger partial charge in [-0.15, -0.1) is 0 Å². The van der Waals surface area contributed by atoms with Crippen LogP contribution in [0.15, 0.2) is 36.4 Å². The van der Waals surface area contributed by atoms with Crippen molar-refractivity contribution in [2.45, 2.75) is 6.54 Å². The number of nitro benzene ring substituents is 1. The Hall–Kier alpha value is -3.18. The first-order valence-corrected chi connectivity index (χ1v) is 7.10. The topological polar surface area (TPSA) is 111 Å². The Labute approximate surface area is 137 Å². The van der Waals surface area contributed by atoms with E-state index in [9.17, 15) is 14.5 Å². The van der Waals surface area contributed by atoms with Gasteiger partial charge >= 0.3 is 0 Å². The van der Waals surface area contributed by atoms with E-state index in [1.165, 1.54) is 30.3 Å². The van der Waals surface area contributed by atoms with Crippen LogP contribution in [0.3, 0.4) is 0 Å². The average molecular weight is 330 g/mol. The lowest BCUT2D eigenvalue weighted by Crippen LogP contribution is -2.10. The highest BCUT2D eigenvalue weighted by Gasteiger charge is 2.11. The summed E-state index contributed by atoms with van der Waals surface area (Å²) in [5.41, 5.74) is 1.42. The predicted molar refractivity (Wildman–Crippen MR) is 87.1 cm³/mol. The summed E-state index contributed by atoms with van der Waals surface area (Å²) in [6, 6.07) is 10.2. The normalized spacial score (nSPS) is 10.0. The van der Waals surface area contributed by atoms with E-state index in [0.717, 1.165) is 6.07 Å². The highest BCUT2D eigenvalue weighted by molar-refractivity contribution is 5.72. The molecule has 0 bridgehead atoms. The third-order valence-electron chi connectivity index (χ3n) is 3.29. The predicted octanol–water partition coefficient (Wildman–Crippen LogP) is 2.62. The van der Waals surface area contributed by atoms with Gasteiger partial charge < -0.3 is 15.7 Å². The molecular formula is C16H15FN4O3. The molecule has 0 aliphatic heterocycles. The second-order valence-electron chi connectivity index (χ2n) is 4.91. The van der Waals surface area contributed by atoms with Gasteiger partial charge in [0.25, 0.3) is 5.69 Å². The minimum Gasteiger partial charge on any atom is -0.395 e. The average Bonchev–Trinajstić information content (AvgIpc) is 2.58. The number of aliphatic hydroxyl groups is 1. The van der Waals surface area contributed by atoms with Crippen molar-refractivity contribution in [3.05, 3.63) is 63.5 Å². The van der Waals surface area contributed by atoms with Crippen molar-refractivity contribution >= 4 is 17.1 Å². The van der Waals surface area contributed by atoms with E-state index in [0.29, 0.717) is 16.9 Å². The standard InChI is InChI=1S/C16H15FN4O3/c17-14-7-11(9-18)1-2-12(14)10-20-16-8-13(21(23)24)3-4-15(16)19-5-6-22/h1-4,7-8,19-20,22H,5-6,10H2. The van der Waals surface area contributed by atoms with E-state index < -0.39 is 10.7 Å². The maximum absolute atomic E-state index is 13.9. The minimum atomic E-state index is -0.531. The van der Waals surface area contributed by atoms with E-state index in [4.69, 9.17) is 10.4 Å². The van der Waals surface area contributed by atoms with Gasteiger partial charge in [-0.1, -0.05) is 6.07 Å². The number of nitriles is 1. The first kappa shape index (κ1) is 17.2. The number of nitrogens with one attached hydrogen (secondary N) is 2. The smallest absolute Gasteiger partial charge is 0.271 e. The number of aliphatic hydroxyl groups excluding tert-OH is 1. The summed E-state index contributed by atoms with van der Waals surface area (Å²) >= 11 is 0. The number of benzene rings is 2. The lowest BCUT2D eigenvalue weighted by Gasteiger charge is -2.14. The van der Waals surface area contributed by atoms with E-state index in [-0.39, 0.29) is 30.9 Å². The van der Waals surface area contributed by atoms with E-state index in [1.54, 1.807) is 0 Å². The Bertz CT molecular complexity index is 789. The fourth-order valence-electron chi connectivity index (χ4n) is 2.09. The molecule has 7 nitrogen and oxygen atoms in total. The molecule has 0 aliphatic rings. The Kier molecular flexibility index (Phi) is 5.65. The monoisotopic (exact) mass is 330 g/mol. The van der Waals surface area contributed by atoms with Crippen LogP contribution in [-0.2, 0) is 6.54 Å². The van der Waals surface area contributed by atoms with Crippen LogP contribution in [-0.4, -0.2) is 23.2 Å². The molecule has 0 saturated carbocycles. The summed E-state index contributed by atoms with van der Waals surface area (Å²) in [5.74, 6) is -0.531. The van der Waals surface area contributed by atoms with Crippen LogP contribution in [0, 0.1) is 27.3 Å². The SMILES string of the molecule is N#Cc1ccc(CNc2cc([N+](=O)[O-])ccc2NCCO)c(F)c1. The Morgan fingerprint density at radius 1 is 1.21 bits per heavy atom. The molecule has 0 saturated heterocycles. The van der Waals surface area contributed by atoms with Crippen LogP contribution >= 0.6 is 0 Å². The van der Waals surface area contributed by atoms with Crippen LogP contribution in [0.5, 0.6) is 0 Å². The number of hydrogen-bond donors (Lipinski definition) is 3. The number of nitro groups is 1. The molecule has 8 heteroatoms. The molecule has 0 atom stereocenters. The maximum Gasteiger partial charge on any atom is 0.271 e. The molecule has 2 aromatic rings. The Morgan fingerprint density at radius 2 is 2.00 bits per heavy atom. The van der Waals surface area contributed by atoms with Crippen LogP contribution in [0.2, 0.25) is 0 Å². The lowest BCUT2D eigenvalue weighted by atomic mass is 10.1. The van der Waals surface area contributed by atoms with Gasteiger partial charge in [0.15, 0.2) is 0 Å². The molecule has 2 aromatic carbocycles. The Balaban J connectivity index is 2.22. The summed E-state index contributed by atoms with van der Waals surface area (Å²) in [5, 5.41) is 34.4. The highest BCUT2D eigenvalue weighted by atomic mass is 19.1. The van der Waals surface area contributed by atoms with E-state index in [1.807, 2.05) is 6.07 Å². The molecule has 0 heterocycles. The summed E-state index contributed by atoms with van der Waals surface area (Å²) in [6.45, 7) is 0.269. The van der Waals surface area contributed by atoms with Crippen molar-refractivity contribution in [3.63, 3.8) is 0 Å². The lowest BCUT2D eigenvalue weighted by molar-refractivity contribution is -0.384. The van der Waals surface area contributed by atoms with Crippen LogP contribution in [0.4, 0.5) is 21.5 Å². The minimum absolute atomic E-state index is 0.0898. The second-order valence-corrected chi connectivity index (χ2v) is 4.91. The number of anilines is 2. The summed E-state index contributed by atoms with van der Waals surface area (Å²) in [4.78, 5) is 10.4. The van der Waals surface area contributed by atoms with Gasteiger partial charge in [-0.2, -0.15) is 5.26 Å². The van der Waals surface area contributed by atoms with Crippen molar-refractivity contribution < 1.29 is 14.4 Å². The molecule has 0 fully saturated rings. The second kappa shape index (κ2) is 7.89. The Morgan fingerprint density at radius 3 is 2.62 bits per heavy atom. The first-order chi connectivity index (χ1) is 11.5. The van der Waals surface area contributed by atoms with Crippen molar-refractivity contribution in [3.8, 4) is 6.07 Å². The molecule has 0 unspecified atom stereocenters. The molecular weight excluding hydrogens is 315 g/mol. The van der Waals surface area contributed by atoms with Crippen LogP contribution in [0.25, 0.3) is 0 Å². The third kappa shape index (κ3) is 4.18. The molecule has 0 aliphatic carbocycles. The van der Waals surface area contributed by atoms with Gasteiger partial charge in [-0.25, -0.2) is 4.39 Å². The quantitative estimate of drug-likeness (QED) is 0.531. The van der Waals surface area contributed by atoms with E-state index >= 15 is 0 Å². The van der Waals surface area contributed by atoms with Gasteiger partial charge in [-0.3, -0.25) is 10.1 Å². The molecule has 3 N–H and O–H groups in total. The number of non-ortho nitro benzene ring substituents is 1. The van der Waals surface area contributed by atoms with Crippen molar-refractivity contribution in [1.82, 2.24) is 0 Å². The molecule has 2 rings (SSSR count). The fraction of sp³-hybridized carbons (Fsp3) is 0.188. The number of nitrogens with zero attached hydrogens (tertiary/aromatic N) is 2. The van der Waals surface area contributed by atoms with Gasteiger partial charge in [0, 0.05) is 30.8 Å². The number of hydrogen-bond acceptors (Lipinski definition) is 6. The van der Waals surface area contributed by atoms with Gasteiger partial charge in [-0.05, 0) is 18.2 Å². The van der Waals surface area contributed by atoms with E-state index in [2.05, 4.69) is 10.6 Å². The van der Waals surface area contributed by atoms with Gasteiger partial charge in [0.05, 0.1) is 34.5 Å². The molecule has 0 amide bonds. The van der Waals surface area contributed by atoms with Crippen molar-refractivity contribution in [2.75, 3.05) is 23.8 Å².